The molecule has 82 valence electrons. The first-order chi connectivity index (χ1) is 7.02. The summed E-state index contributed by atoms with van der Waals surface area (Å²) in [7, 11) is 2.64. The molecule has 4 nitrogen and oxygen atoms in total. The van der Waals surface area contributed by atoms with Crippen LogP contribution in [0.25, 0.3) is 0 Å². The second-order valence-electron chi connectivity index (χ2n) is 2.59. The lowest BCUT2D eigenvalue weighted by Crippen LogP contribution is -2.04. The number of aromatic carboxylic acids is 1. The van der Waals surface area contributed by atoms with E-state index in [4.69, 9.17) is 37.8 Å². The summed E-state index contributed by atoms with van der Waals surface area (Å²) in [5.74, 6) is -1.15. The molecule has 1 aromatic rings. The number of carboxylic acids is 1. The van der Waals surface area contributed by atoms with Gasteiger partial charge in [-0.15, -0.1) is 0 Å². The van der Waals surface area contributed by atoms with Crippen LogP contribution >= 0.6 is 23.2 Å². The Morgan fingerprint density at radius 2 is 1.60 bits per heavy atom. The van der Waals surface area contributed by atoms with E-state index in [0.29, 0.717) is 0 Å². The number of hydrogen-bond acceptors (Lipinski definition) is 3. The minimum absolute atomic E-state index is 0.0328. The van der Waals surface area contributed by atoms with Gasteiger partial charge in [0.05, 0.1) is 24.3 Å². The van der Waals surface area contributed by atoms with Gasteiger partial charge in [0.1, 0.15) is 5.56 Å². The summed E-state index contributed by atoms with van der Waals surface area (Å²) < 4.78 is 9.77. The van der Waals surface area contributed by atoms with Crippen molar-refractivity contribution in [2.24, 2.45) is 0 Å². The average molecular weight is 250 g/mol. The van der Waals surface area contributed by atoms with Crippen molar-refractivity contribution < 1.29 is 19.4 Å². The molecule has 0 unspecified atom stereocenters. The highest BCUT2D eigenvalue weighted by Gasteiger charge is 2.23. The lowest BCUT2D eigenvalue weighted by atomic mass is 9.92. The molecule has 1 aromatic carbocycles. The van der Waals surface area contributed by atoms with E-state index in [2.05, 4.69) is 0 Å². The summed E-state index contributed by atoms with van der Waals surface area (Å²) in [6, 6.07) is 1.37. The maximum Gasteiger partial charge on any atom is 0.343 e. The molecule has 0 saturated heterocycles. The van der Waals surface area contributed by atoms with Gasteiger partial charge in [0, 0.05) is 0 Å². The number of carboxylic acid groups (broad SMARTS) is 1. The SMILES string of the molecule is COc1c(Cl)cc(Cl)c(OC)c1[11C](=O)O. The maximum absolute atomic E-state index is 11.0. The van der Waals surface area contributed by atoms with Crippen LogP contribution in [0.1, 0.15) is 10.4 Å². The number of rotatable bonds is 3. The van der Waals surface area contributed by atoms with Gasteiger partial charge in [-0.3, -0.25) is 0 Å². The van der Waals surface area contributed by atoms with Crippen molar-refractivity contribution in [2.45, 2.75) is 0 Å². The first-order valence-corrected chi connectivity index (χ1v) is 4.61. The van der Waals surface area contributed by atoms with E-state index >= 15 is 0 Å². The Hall–Kier alpha value is -1.13. The molecule has 0 amide bonds. The predicted molar refractivity (Wildman–Crippen MR) is 56.5 cm³/mol. The Bertz CT molecular complexity index is 375. The van der Waals surface area contributed by atoms with Crippen LogP contribution in [0.2, 0.25) is 10.0 Å². The van der Waals surface area contributed by atoms with Crippen molar-refractivity contribution in [1.29, 1.82) is 0 Å². The van der Waals surface area contributed by atoms with Gasteiger partial charge in [-0.25, -0.2) is 4.79 Å². The van der Waals surface area contributed by atoms with Crippen LogP contribution in [-0.4, -0.2) is 25.3 Å². The van der Waals surface area contributed by atoms with Crippen LogP contribution in [-0.2, 0) is 0 Å². The Morgan fingerprint density at radius 3 is 1.87 bits per heavy atom. The van der Waals surface area contributed by atoms with Gasteiger partial charge in [-0.2, -0.15) is 0 Å². The molecule has 0 bridgehead atoms. The van der Waals surface area contributed by atoms with Crippen molar-refractivity contribution in [3.8, 4) is 11.5 Å². The molecular weight excluding hydrogens is 242 g/mol. The van der Waals surface area contributed by atoms with E-state index in [1.165, 1.54) is 20.3 Å². The molecule has 0 aliphatic rings. The fourth-order valence-corrected chi connectivity index (χ4v) is 1.80. The van der Waals surface area contributed by atoms with Gasteiger partial charge < -0.3 is 14.6 Å². The van der Waals surface area contributed by atoms with Gasteiger partial charge in [0.25, 0.3) is 0 Å². The highest BCUT2D eigenvalue weighted by atomic mass is 35.5. The summed E-state index contributed by atoms with van der Waals surface area (Å²) >= 11 is 11.6. The standard InChI is InChI=1S/C9H8Cl2O4/c1-14-7-4(10)3-5(11)8(15-2)6(7)9(12)13/h3H,1-2H3,(H,12,13)/i9-1. The van der Waals surface area contributed by atoms with Crippen molar-refractivity contribution >= 4 is 29.2 Å². The summed E-state index contributed by atoms with van der Waals surface area (Å²) in [6.07, 6.45) is 0. The van der Waals surface area contributed by atoms with Crippen LogP contribution in [0.5, 0.6) is 11.5 Å². The average Bonchev–Trinajstić information content (AvgIpc) is 2.16. The van der Waals surface area contributed by atoms with E-state index in [1.54, 1.807) is 0 Å². The molecule has 0 aliphatic heterocycles. The topological polar surface area (TPSA) is 55.8 Å². The number of carbonyl (C=O) groups is 1. The van der Waals surface area contributed by atoms with Crippen molar-refractivity contribution in [2.75, 3.05) is 14.2 Å². The Balaban J connectivity index is 3.58. The van der Waals surface area contributed by atoms with Crippen LogP contribution in [0.15, 0.2) is 6.07 Å². The first kappa shape index (κ1) is 11.9. The summed E-state index contributed by atoms with van der Waals surface area (Å²) in [4.78, 5) is 11.0. The van der Waals surface area contributed by atoms with E-state index in [9.17, 15) is 4.79 Å². The zero-order valence-electron chi connectivity index (χ0n) is 8.01. The van der Waals surface area contributed by atoms with E-state index in [0.717, 1.165) is 0 Å². The first-order valence-electron chi connectivity index (χ1n) is 3.86. The molecule has 1 rings (SSSR count). The number of methoxy groups -OCH3 is 2. The fourth-order valence-electron chi connectivity index (χ4n) is 1.18. The molecule has 0 heterocycles. The number of ether oxygens (including phenoxy) is 2. The smallest absolute Gasteiger partial charge is 0.343 e. The quantitative estimate of drug-likeness (QED) is 0.895. The third-order valence-electron chi connectivity index (χ3n) is 1.76. The van der Waals surface area contributed by atoms with Crippen molar-refractivity contribution in [1.82, 2.24) is 0 Å². The highest BCUT2D eigenvalue weighted by molar-refractivity contribution is 6.37. The largest absolute Gasteiger partial charge is 0.494 e. The normalized spacial score (nSPS) is 9.87. The molecule has 0 aliphatic carbocycles. The van der Waals surface area contributed by atoms with E-state index < -0.39 is 5.97 Å². The monoisotopic (exact) mass is 249 g/mol. The molecule has 0 saturated carbocycles. The second-order valence-corrected chi connectivity index (χ2v) is 3.40. The minimum Gasteiger partial charge on any atom is -0.494 e. The molecule has 1 N–H and O–H groups in total. The fraction of sp³-hybridized carbons (Fsp3) is 0.222. The molecule has 6 heteroatoms. The van der Waals surface area contributed by atoms with Gasteiger partial charge in [-0.05, 0) is 6.07 Å². The van der Waals surface area contributed by atoms with Gasteiger partial charge in [-0.1, -0.05) is 23.2 Å². The lowest BCUT2D eigenvalue weighted by molar-refractivity contribution is 0.0689. The number of hydrogen-bond donors (Lipinski definition) is 1. The maximum atomic E-state index is 11.0. The molecule has 0 atom stereocenters. The molecule has 0 aromatic heterocycles. The third kappa shape index (κ3) is 2.11. The van der Waals surface area contributed by atoms with Gasteiger partial charge in [0.2, 0.25) is 0 Å². The molecule has 0 fully saturated rings. The highest BCUT2D eigenvalue weighted by Crippen LogP contribution is 2.40. The molecule has 0 spiro atoms. The Morgan fingerprint density at radius 1 is 1.20 bits per heavy atom. The second kappa shape index (κ2) is 4.59. The van der Waals surface area contributed by atoms with Gasteiger partial charge >= 0.3 is 5.97 Å². The van der Waals surface area contributed by atoms with Crippen molar-refractivity contribution in [3.63, 3.8) is 0 Å². The number of benzene rings is 1. The van der Waals surface area contributed by atoms with E-state index in [1.807, 2.05) is 0 Å². The summed E-state index contributed by atoms with van der Waals surface area (Å²) in [5, 5.41) is 9.23. The minimum atomic E-state index is -1.21. The summed E-state index contributed by atoms with van der Waals surface area (Å²) in [6.45, 7) is 0. The lowest BCUT2D eigenvalue weighted by Gasteiger charge is -2.12. The summed E-state index contributed by atoms with van der Waals surface area (Å²) in [5.41, 5.74) is -0.183. The number of halogens is 2. The zero-order chi connectivity index (χ0) is 11.6. The van der Waals surface area contributed by atoms with Crippen LogP contribution in [0.4, 0.5) is 0 Å². The molecule has 15 heavy (non-hydrogen) atoms. The van der Waals surface area contributed by atoms with Gasteiger partial charge in [0.15, 0.2) is 11.5 Å². The molecular formula is C9H8Cl2O4. The van der Waals surface area contributed by atoms with Crippen LogP contribution < -0.4 is 9.47 Å². The van der Waals surface area contributed by atoms with Crippen LogP contribution in [0, 0.1) is 0 Å². The van der Waals surface area contributed by atoms with Crippen molar-refractivity contribution in [3.05, 3.63) is 21.7 Å². The molecule has 0 radical (unpaired) electrons. The third-order valence-corrected chi connectivity index (χ3v) is 2.33. The predicted octanol–water partition coefficient (Wildman–Crippen LogP) is 2.71. The zero-order valence-corrected chi connectivity index (χ0v) is 9.52. The Kier molecular flexibility index (Phi) is 3.66. The van der Waals surface area contributed by atoms with Crippen LogP contribution in [0.3, 0.4) is 0 Å². The Labute approximate surface area is 96.3 Å². The van der Waals surface area contributed by atoms with E-state index in [-0.39, 0.29) is 27.1 Å².